The lowest BCUT2D eigenvalue weighted by molar-refractivity contribution is 0.322. The molecular formula is C21H24ClFO. The van der Waals surface area contributed by atoms with Gasteiger partial charge in [-0.25, -0.2) is 4.39 Å². The van der Waals surface area contributed by atoms with Crippen LogP contribution in [0.25, 0.3) is 11.1 Å². The monoisotopic (exact) mass is 346 g/mol. The Balaban J connectivity index is 1.82. The van der Waals surface area contributed by atoms with E-state index in [-0.39, 0.29) is 10.8 Å². The van der Waals surface area contributed by atoms with Gasteiger partial charge in [-0.15, -0.1) is 0 Å². The molecule has 0 unspecified atom stereocenters. The van der Waals surface area contributed by atoms with Gasteiger partial charge in [-0.1, -0.05) is 55.6 Å². The molecule has 0 aliphatic heterocycles. The highest BCUT2D eigenvalue weighted by Crippen LogP contribution is 2.38. The standard InChI is InChI=1S/C21H24ClFO/c1-3-24-19-13-12-18(20(22)21(19)23)17-10-8-16(9-11-17)15-6-4-14(2)5-7-15/h8-15H,3-7H2,1-2H3. The van der Waals surface area contributed by atoms with Crippen LogP contribution in [0.4, 0.5) is 4.39 Å². The Kier molecular flexibility index (Phi) is 5.45. The van der Waals surface area contributed by atoms with Crippen molar-refractivity contribution in [1.82, 2.24) is 0 Å². The molecule has 0 heterocycles. The quantitative estimate of drug-likeness (QED) is 0.589. The van der Waals surface area contributed by atoms with Crippen LogP contribution in [0.5, 0.6) is 5.75 Å². The SMILES string of the molecule is CCOc1ccc(-c2ccc(C3CCC(C)CC3)cc2)c(Cl)c1F. The van der Waals surface area contributed by atoms with E-state index in [1.54, 1.807) is 6.07 Å². The molecule has 0 atom stereocenters. The Bertz CT molecular complexity index is 688. The number of hydrogen-bond acceptors (Lipinski definition) is 1. The van der Waals surface area contributed by atoms with E-state index in [1.165, 1.54) is 31.2 Å². The van der Waals surface area contributed by atoms with Crippen molar-refractivity contribution in [3.05, 3.63) is 52.8 Å². The zero-order valence-electron chi connectivity index (χ0n) is 14.3. The molecular weight excluding hydrogens is 323 g/mol. The Morgan fingerprint density at radius 1 is 1.04 bits per heavy atom. The molecule has 0 spiro atoms. The summed E-state index contributed by atoms with van der Waals surface area (Å²) < 4.78 is 19.5. The molecule has 24 heavy (non-hydrogen) atoms. The number of benzene rings is 2. The van der Waals surface area contributed by atoms with Gasteiger partial charge in [0, 0.05) is 5.56 Å². The van der Waals surface area contributed by atoms with Gasteiger partial charge in [-0.05, 0) is 54.9 Å². The number of hydrogen-bond donors (Lipinski definition) is 0. The summed E-state index contributed by atoms with van der Waals surface area (Å²) in [5.74, 6) is 1.23. The lowest BCUT2D eigenvalue weighted by Gasteiger charge is -2.26. The molecule has 0 bridgehead atoms. The average Bonchev–Trinajstić information content (AvgIpc) is 2.60. The molecule has 1 aliphatic rings. The van der Waals surface area contributed by atoms with Crippen LogP contribution in [0.1, 0.15) is 51.0 Å². The van der Waals surface area contributed by atoms with Crippen molar-refractivity contribution in [2.75, 3.05) is 6.61 Å². The second kappa shape index (κ2) is 7.57. The second-order valence-electron chi connectivity index (χ2n) is 6.75. The van der Waals surface area contributed by atoms with Crippen LogP contribution in [0, 0.1) is 11.7 Å². The van der Waals surface area contributed by atoms with E-state index in [1.807, 2.05) is 25.1 Å². The van der Waals surface area contributed by atoms with Crippen LogP contribution in [0.3, 0.4) is 0 Å². The number of ether oxygens (including phenoxy) is 1. The van der Waals surface area contributed by atoms with Gasteiger partial charge >= 0.3 is 0 Å². The molecule has 3 heteroatoms. The maximum Gasteiger partial charge on any atom is 0.184 e. The highest BCUT2D eigenvalue weighted by Gasteiger charge is 2.20. The lowest BCUT2D eigenvalue weighted by Crippen LogP contribution is -2.10. The van der Waals surface area contributed by atoms with Gasteiger partial charge in [-0.2, -0.15) is 0 Å². The third-order valence-corrected chi connectivity index (χ3v) is 5.43. The molecule has 1 nitrogen and oxygen atoms in total. The van der Waals surface area contributed by atoms with Crippen molar-refractivity contribution in [3.63, 3.8) is 0 Å². The molecule has 3 rings (SSSR count). The minimum Gasteiger partial charge on any atom is -0.491 e. The summed E-state index contributed by atoms with van der Waals surface area (Å²) in [4.78, 5) is 0. The minimum atomic E-state index is -0.485. The van der Waals surface area contributed by atoms with Crippen molar-refractivity contribution in [3.8, 4) is 16.9 Å². The van der Waals surface area contributed by atoms with Gasteiger partial charge < -0.3 is 4.74 Å². The summed E-state index contributed by atoms with van der Waals surface area (Å²) in [5.41, 5.74) is 3.03. The number of rotatable bonds is 4. The van der Waals surface area contributed by atoms with Crippen molar-refractivity contribution < 1.29 is 9.13 Å². The lowest BCUT2D eigenvalue weighted by atomic mass is 9.79. The van der Waals surface area contributed by atoms with Gasteiger partial charge in [0.25, 0.3) is 0 Å². The summed E-state index contributed by atoms with van der Waals surface area (Å²) in [6.45, 7) is 4.58. The van der Waals surface area contributed by atoms with Gasteiger partial charge in [-0.3, -0.25) is 0 Å². The van der Waals surface area contributed by atoms with Crippen LogP contribution >= 0.6 is 11.6 Å². The third-order valence-electron chi connectivity index (χ3n) is 5.06. The largest absolute Gasteiger partial charge is 0.491 e. The zero-order chi connectivity index (χ0) is 17.1. The molecule has 0 aromatic heterocycles. The molecule has 0 saturated heterocycles. The van der Waals surface area contributed by atoms with E-state index in [2.05, 4.69) is 19.1 Å². The van der Waals surface area contributed by atoms with Crippen molar-refractivity contribution in [2.24, 2.45) is 5.92 Å². The van der Waals surface area contributed by atoms with Gasteiger partial charge in [0.2, 0.25) is 0 Å². The maximum absolute atomic E-state index is 14.3. The predicted molar refractivity (Wildman–Crippen MR) is 98.4 cm³/mol. The van der Waals surface area contributed by atoms with Crippen molar-refractivity contribution in [1.29, 1.82) is 0 Å². The first-order chi connectivity index (χ1) is 11.6. The Hall–Kier alpha value is -1.54. The molecule has 0 N–H and O–H groups in total. The first-order valence-electron chi connectivity index (χ1n) is 8.81. The van der Waals surface area contributed by atoms with E-state index < -0.39 is 5.82 Å². The molecule has 1 fully saturated rings. The smallest absolute Gasteiger partial charge is 0.184 e. The fraction of sp³-hybridized carbons (Fsp3) is 0.429. The Morgan fingerprint density at radius 2 is 1.71 bits per heavy atom. The van der Waals surface area contributed by atoms with Gasteiger partial charge in [0.1, 0.15) is 0 Å². The van der Waals surface area contributed by atoms with Crippen LogP contribution in [-0.2, 0) is 0 Å². The molecule has 2 aromatic rings. The first-order valence-corrected chi connectivity index (χ1v) is 9.19. The van der Waals surface area contributed by atoms with Crippen LogP contribution in [-0.4, -0.2) is 6.61 Å². The first kappa shape index (κ1) is 17.3. The summed E-state index contributed by atoms with van der Waals surface area (Å²) in [6, 6.07) is 11.9. The van der Waals surface area contributed by atoms with Gasteiger partial charge in [0.05, 0.1) is 11.6 Å². The van der Waals surface area contributed by atoms with Crippen LogP contribution in [0.2, 0.25) is 5.02 Å². The van der Waals surface area contributed by atoms with Gasteiger partial charge in [0.15, 0.2) is 11.6 Å². The Morgan fingerprint density at radius 3 is 2.33 bits per heavy atom. The summed E-state index contributed by atoms with van der Waals surface area (Å²) >= 11 is 6.22. The summed E-state index contributed by atoms with van der Waals surface area (Å²) in [6.07, 6.45) is 5.14. The fourth-order valence-electron chi connectivity index (χ4n) is 3.55. The minimum absolute atomic E-state index is 0.125. The van der Waals surface area contributed by atoms with Crippen LogP contribution < -0.4 is 4.74 Å². The van der Waals surface area contributed by atoms with E-state index in [0.29, 0.717) is 18.1 Å². The van der Waals surface area contributed by atoms with E-state index in [0.717, 1.165) is 11.5 Å². The zero-order valence-corrected chi connectivity index (χ0v) is 15.1. The van der Waals surface area contributed by atoms with E-state index >= 15 is 0 Å². The maximum atomic E-state index is 14.3. The van der Waals surface area contributed by atoms with Crippen LogP contribution in [0.15, 0.2) is 36.4 Å². The molecule has 0 amide bonds. The molecule has 1 saturated carbocycles. The highest BCUT2D eigenvalue weighted by molar-refractivity contribution is 6.33. The highest BCUT2D eigenvalue weighted by atomic mass is 35.5. The van der Waals surface area contributed by atoms with E-state index in [9.17, 15) is 4.39 Å². The normalized spacial score (nSPS) is 20.8. The molecule has 0 radical (unpaired) electrons. The number of halogens is 2. The molecule has 1 aliphatic carbocycles. The topological polar surface area (TPSA) is 9.23 Å². The van der Waals surface area contributed by atoms with Crippen molar-refractivity contribution >= 4 is 11.6 Å². The summed E-state index contributed by atoms with van der Waals surface area (Å²) in [7, 11) is 0. The van der Waals surface area contributed by atoms with Crippen molar-refractivity contribution in [2.45, 2.75) is 45.4 Å². The second-order valence-corrected chi connectivity index (χ2v) is 7.13. The predicted octanol–water partition coefficient (Wildman–Crippen LogP) is 6.84. The fourth-order valence-corrected chi connectivity index (χ4v) is 3.82. The molecule has 2 aromatic carbocycles. The third kappa shape index (κ3) is 3.59. The summed E-state index contributed by atoms with van der Waals surface area (Å²) in [5, 5.41) is 0.125. The average molecular weight is 347 g/mol. The van der Waals surface area contributed by atoms with E-state index in [4.69, 9.17) is 16.3 Å². The Labute approximate surface area is 148 Å². The molecule has 128 valence electrons.